The van der Waals surface area contributed by atoms with Crippen molar-refractivity contribution in [1.29, 1.82) is 0 Å². The zero-order valence-electron chi connectivity index (χ0n) is 17.4. The molecule has 3 aromatic carbocycles. The first-order valence-corrected chi connectivity index (χ1v) is 10.4. The van der Waals surface area contributed by atoms with E-state index in [9.17, 15) is 9.59 Å². The van der Waals surface area contributed by atoms with Crippen LogP contribution in [0.15, 0.2) is 59.0 Å². The first kappa shape index (κ1) is 19.2. The molecule has 2 amide bonds. The molecule has 0 spiro atoms. The number of carbonyl (C=O) groups is 2. The lowest BCUT2D eigenvalue weighted by Gasteiger charge is -2.17. The van der Waals surface area contributed by atoms with E-state index in [1.54, 1.807) is 19.2 Å². The van der Waals surface area contributed by atoms with Crippen LogP contribution in [0.1, 0.15) is 40.7 Å². The maximum Gasteiger partial charge on any atom is 0.291 e. The molecule has 0 bridgehead atoms. The monoisotopic (exact) mass is 414 g/mol. The van der Waals surface area contributed by atoms with Crippen LogP contribution in [0, 0.1) is 0 Å². The van der Waals surface area contributed by atoms with Gasteiger partial charge in [-0.3, -0.25) is 9.59 Å². The lowest BCUT2D eigenvalue weighted by atomic mass is 10.0. The summed E-state index contributed by atoms with van der Waals surface area (Å²) in [6, 6.07) is 16.6. The molecule has 1 N–H and O–H groups in total. The minimum Gasteiger partial charge on any atom is -0.493 e. The van der Waals surface area contributed by atoms with Crippen molar-refractivity contribution in [2.75, 3.05) is 23.9 Å². The minimum absolute atomic E-state index is 0.0157. The van der Waals surface area contributed by atoms with Gasteiger partial charge >= 0.3 is 0 Å². The minimum atomic E-state index is -0.355. The topological polar surface area (TPSA) is 71.8 Å². The highest BCUT2D eigenvalue weighted by molar-refractivity contribution is 6.27. The summed E-state index contributed by atoms with van der Waals surface area (Å²) in [4.78, 5) is 27.7. The molecule has 0 saturated heterocycles. The number of nitrogens with one attached hydrogen (secondary N) is 1. The van der Waals surface area contributed by atoms with E-state index in [0.29, 0.717) is 29.1 Å². The Hall–Kier alpha value is -3.80. The SMILES string of the molecule is CCCCN1C(=O)c2cccc3c(NC(=O)c4cc5cccc(OC)c5o4)ccc1c23. The Bertz CT molecular complexity index is 1340. The van der Waals surface area contributed by atoms with Crippen molar-refractivity contribution in [3.8, 4) is 5.75 Å². The molecule has 2 heterocycles. The zero-order valence-corrected chi connectivity index (χ0v) is 17.4. The summed E-state index contributed by atoms with van der Waals surface area (Å²) in [6.07, 6.45) is 1.95. The van der Waals surface area contributed by atoms with Crippen molar-refractivity contribution in [2.24, 2.45) is 0 Å². The second-order valence-electron chi connectivity index (χ2n) is 7.61. The summed E-state index contributed by atoms with van der Waals surface area (Å²) in [5.41, 5.74) is 2.75. The molecule has 6 heteroatoms. The van der Waals surface area contributed by atoms with Gasteiger partial charge in [-0.15, -0.1) is 0 Å². The van der Waals surface area contributed by atoms with Crippen molar-refractivity contribution >= 4 is 44.9 Å². The maximum absolute atomic E-state index is 13.0. The predicted molar refractivity (Wildman–Crippen MR) is 121 cm³/mol. The summed E-state index contributed by atoms with van der Waals surface area (Å²) < 4.78 is 11.1. The molecule has 0 aliphatic carbocycles. The van der Waals surface area contributed by atoms with Crippen molar-refractivity contribution in [3.63, 3.8) is 0 Å². The molecule has 0 unspecified atom stereocenters. The lowest BCUT2D eigenvalue weighted by molar-refractivity contribution is 0.0987. The highest BCUT2D eigenvalue weighted by Crippen LogP contribution is 2.41. The normalized spacial score (nSPS) is 12.7. The molecule has 0 atom stereocenters. The Morgan fingerprint density at radius 3 is 2.77 bits per heavy atom. The van der Waals surface area contributed by atoms with Crippen molar-refractivity contribution in [1.82, 2.24) is 0 Å². The molecule has 31 heavy (non-hydrogen) atoms. The van der Waals surface area contributed by atoms with Crippen LogP contribution in [0.25, 0.3) is 21.7 Å². The fourth-order valence-corrected chi connectivity index (χ4v) is 4.19. The van der Waals surface area contributed by atoms with Crippen LogP contribution in [0.5, 0.6) is 5.75 Å². The molecule has 6 nitrogen and oxygen atoms in total. The quantitative estimate of drug-likeness (QED) is 0.445. The van der Waals surface area contributed by atoms with E-state index in [4.69, 9.17) is 9.15 Å². The Morgan fingerprint density at radius 2 is 1.97 bits per heavy atom. The van der Waals surface area contributed by atoms with Gasteiger partial charge in [0.05, 0.1) is 12.8 Å². The second-order valence-corrected chi connectivity index (χ2v) is 7.61. The van der Waals surface area contributed by atoms with E-state index in [1.165, 1.54) is 0 Å². The number of anilines is 2. The standard InChI is InChI=1S/C25H22N2O4/c1-3-4-13-27-19-12-11-18(16-8-6-9-17(22(16)19)25(27)29)26-24(28)21-14-15-7-5-10-20(30-2)23(15)31-21/h5-12,14H,3-4,13H2,1-2H3,(H,26,28). The van der Waals surface area contributed by atoms with Gasteiger partial charge in [0.25, 0.3) is 11.8 Å². The Balaban J connectivity index is 1.52. The number of unbranched alkanes of at least 4 members (excludes halogenated alkanes) is 1. The van der Waals surface area contributed by atoms with Crippen LogP contribution in [-0.2, 0) is 0 Å². The number of ether oxygens (including phenoxy) is 1. The summed E-state index contributed by atoms with van der Waals surface area (Å²) in [5.74, 6) is 0.434. The predicted octanol–water partition coefficient (Wildman–Crippen LogP) is 5.61. The molecule has 0 saturated carbocycles. The van der Waals surface area contributed by atoms with Crippen LogP contribution >= 0.6 is 0 Å². The molecular weight excluding hydrogens is 392 g/mol. The largest absolute Gasteiger partial charge is 0.493 e. The van der Waals surface area contributed by atoms with Gasteiger partial charge < -0.3 is 19.4 Å². The molecule has 4 aromatic rings. The van der Waals surface area contributed by atoms with Gasteiger partial charge in [-0.1, -0.05) is 37.6 Å². The number of rotatable bonds is 6. The number of hydrogen-bond acceptors (Lipinski definition) is 4. The summed E-state index contributed by atoms with van der Waals surface area (Å²) >= 11 is 0. The average molecular weight is 414 g/mol. The third kappa shape index (κ3) is 3.03. The first-order valence-electron chi connectivity index (χ1n) is 10.4. The van der Waals surface area contributed by atoms with Gasteiger partial charge in [-0.2, -0.15) is 0 Å². The third-order valence-electron chi connectivity index (χ3n) is 5.72. The Morgan fingerprint density at radius 1 is 1.13 bits per heavy atom. The van der Waals surface area contributed by atoms with Gasteiger partial charge in [-0.05, 0) is 36.8 Å². The van der Waals surface area contributed by atoms with Gasteiger partial charge in [0.15, 0.2) is 17.1 Å². The Labute approximate surface area is 179 Å². The fraction of sp³-hybridized carbons (Fsp3) is 0.200. The molecule has 0 radical (unpaired) electrons. The van der Waals surface area contributed by atoms with Crippen LogP contribution in [0.3, 0.4) is 0 Å². The zero-order chi connectivity index (χ0) is 21.5. The van der Waals surface area contributed by atoms with Crippen LogP contribution in [0.2, 0.25) is 0 Å². The number of para-hydroxylation sites is 1. The molecule has 1 aliphatic heterocycles. The average Bonchev–Trinajstić information content (AvgIpc) is 3.35. The van der Waals surface area contributed by atoms with Crippen molar-refractivity contribution < 1.29 is 18.7 Å². The van der Waals surface area contributed by atoms with Crippen LogP contribution < -0.4 is 15.0 Å². The molecule has 156 valence electrons. The molecular formula is C25H22N2O4. The van der Waals surface area contributed by atoms with Crippen molar-refractivity contribution in [2.45, 2.75) is 19.8 Å². The van der Waals surface area contributed by atoms with Crippen LogP contribution in [0.4, 0.5) is 11.4 Å². The molecule has 0 fully saturated rings. The molecule has 5 rings (SSSR count). The van der Waals surface area contributed by atoms with E-state index in [1.807, 2.05) is 47.4 Å². The third-order valence-corrected chi connectivity index (χ3v) is 5.72. The van der Waals surface area contributed by atoms with E-state index in [0.717, 1.165) is 34.7 Å². The van der Waals surface area contributed by atoms with E-state index < -0.39 is 0 Å². The van der Waals surface area contributed by atoms with Gasteiger partial charge in [-0.25, -0.2) is 0 Å². The van der Waals surface area contributed by atoms with E-state index >= 15 is 0 Å². The number of methoxy groups -OCH3 is 1. The first-order chi connectivity index (χ1) is 15.1. The smallest absolute Gasteiger partial charge is 0.291 e. The summed E-state index contributed by atoms with van der Waals surface area (Å²) in [6.45, 7) is 2.79. The Kier molecular flexibility index (Phi) is 4.62. The molecule has 1 aliphatic rings. The van der Waals surface area contributed by atoms with Crippen LogP contribution in [-0.4, -0.2) is 25.5 Å². The molecule has 1 aromatic heterocycles. The fourth-order valence-electron chi connectivity index (χ4n) is 4.19. The number of nitrogens with zero attached hydrogens (tertiary/aromatic N) is 1. The number of amides is 2. The van der Waals surface area contributed by atoms with E-state index in [-0.39, 0.29) is 17.6 Å². The van der Waals surface area contributed by atoms with E-state index in [2.05, 4.69) is 12.2 Å². The van der Waals surface area contributed by atoms with Gasteiger partial charge in [0, 0.05) is 34.0 Å². The van der Waals surface area contributed by atoms with Gasteiger partial charge in [0.1, 0.15) is 0 Å². The van der Waals surface area contributed by atoms with Crippen molar-refractivity contribution in [3.05, 3.63) is 65.9 Å². The second kappa shape index (κ2) is 7.47. The number of fused-ring (bicyclic) bond motifs is 1. The highest BCUT2D eigenvalue weighted by atomic mass is 16.5. The van der Waals surface area contributed by atoms with Gasteiger partial charge in [0.2, 0.25) is 0 Å². The number of carbonyl (C=O) groups excluding carboxylic acids is 2. The number of benzene rings is 3. The number of hydrogen-bond donors (Lipinski definition) is 1. The number of furan rings is 1. The highest BCUT2D eigenvalue weighted by Gasteiger charge is 2.30. The summed E-state index contributed by atoms with van der Waals surface area (Å²) in [7, 11) is 1.56. The lowest BCUT2D eigenvalue weighted by Crippen LogP contribution is -2.27. The maximum atomic E-state index is 13.0. The summed E-state index contributed by atoms with van der Waals surface area (Å²) in [5, 5.41) is 5.46.